The van der Waals surface area contributed by atoms with E-state index in [0.717, 1.165) is 19.4 Å². The molecule has 1 atom stereocenters. The summed E-state index contributed by atoms with van der Waals surface area (Å²) in [7, 11) is 1.99. The number of nitrogens with zero attached hydrogens (tertiary/aromatic N) is 4. The highest BCUT2D eigenvalue weighted by atomic mass is 16.5. The summed E-state index contributed by atoms with van der Waals surface area (Å²) in [5.41, 5.74) is 0. The number of rotatable bonds is 8. The van der Waals surface area contributed by atoms with Crippen molar-refractivity contribution in [1.82, 2.24) is 15.0 Å². The van der Waals surface area contributed by atoms with E-state index in [9.17, 15) is 0 Å². The van der Waals surface area contributed by atoms with Crippen LogP contribution in [0.5, 0.6) is 6.01 Å². The minimum absolute atomic E-state index is 0.371. The van der Waals surface area contributed by atoms with Crippen LogP contribution in [0.25, 0.3) is 0 Å². The molecule has 0 bridgehead atoms. The van der Waals surface area contributed by atoms with Gasteiger partial charge in [0.15, 0.2) is 0 Å². The van der Waals surface area contributed by atoms with Crippen molar-refractivity contribution in [1.29, 1.82) is 0 Å². The van der Waals surface area contributed by atoms with Crippen LogP contribution in [0, 0.1) is 0 Å². The molecule has 6 heteroatoms. The van der Waals surface area contributed by atoms with Gasteiger partial charge < -0.3 is 15.0 Å². The zero-order chi connectivity index (χ0) is 14.3. The highest BCUT2D eigenvalue weighted by Crippen LogP contribution is 2.16. The molecule has 0 aromatic carbocycles. The van der Waals surface area contributed by atoms with Crippen LogP contribution in [0.15, 0.2) is 0 Å². The molecule has 0 amide bonds. The molecule has 1 unspecified atom stereocenters. The summed E-state index contributed by atoms with van der Waals surface area (Å²) in [5, 5.41) is 3.11. The number of ether oxygens (including phenoxy) is 1. The predicted molar refractivity (Wildman–Crippen MR) is 77.9 cm³/mol. The number of aromatic nitrogens is 3. The maximum atomic E-state index is 5.52. The Morgan fingerprint density at radius 1 is 1.21 bits per heavy atom. The molecular weight excluding hydrogens is 242 g/mol. The van der Waals surface area contributed by atoms with Gasteiger partial charge in [0, 0.05) is 19.6 Å². The van der Waals surface area contributed by atoms with Crippen LogP contribution in [0.3, 0.4) is 0 Å². The Kier molecular flexibility index (Phi) is 6.32. The largest absolute Gasteiger partial charge is 0.463 e. The Labute approximate surface area is 115 Å². The van der Waals surface area contributed by atoms with Gasteiger partial charge in [0.1, 0.15) is 0 Å². The molecule has 19 heavy (non-hydrogen) atoms. The van der Waals surface area contributed by atoms with Gasteiger partial charge >= 0.3 is 6.01 Å². The third kappa shape index (κ3) is 4.54. The highest BCUT2D eigenvalue weighted by Gasteiger charge is 2.14. The van der Waals surface area contributed by atoms with Crippen molar-refractivity contribution < 1.29 is 4.74 Å². The highest BCUT2D eigenvalue weighted by molar-refractivity contribution is 5.38. The molecule has 6 nitrogen and oxygen atoms in total. The van der Waals surface area contributed by atoms with Gasteiger partial charge in [-0.15, -0.1) is 0 Å². The van der Waals surface area contributed by atoms with E-state index in [1.165, 1.54) is 0 Å². The molecule has 0 aliphatic heterocycles. The quantitative estimate of drug-likeness (QED) is 0.780. The van der Waals surface area contributed by atoms with E-state index in [4.69, 9.17) is 4.74 Å². The van der Waals surface area contributed by atoms with Crippen molar-refractivity contribution in [3.05, 3.63) is 0 Å². The van der Waals surface area contributed by atoms with E-state index in [-0.39, 0.29) is 0 Å². The minimum Gasteiger partial charge on any atom is -0.463 e. The predicted octanol–water partition coefficient (Wildman–Crippen LogP) is 2.33. The summed E-state index contributed by atoms with van der Waals surface area (Å²) < 4.78 is 5.52. The summed E-state index contributed by atoms with van der Waals surface area (Å²) in [6.07, 6.45) is 1.96. The monoisotopic (exact) mass is 267 g/mol. The third-order valence-electron chi connectivity index (χ3n) is 2.94. The summed E-state index contributed by atoms with van der Waals surface area (Å²) in [6, 6.07) is 0.758. The van der Waals surface area contributed by atoms with Crippen LogP contribution in [-0.2, 0) is 0 Å². The smallest absolute Gasteiger partial charge is 0.323 e. The van der Waals surface area contributed by atoms with Crippen LogP contribution >= 0.6 is 0 Å². The van der Waals surface area contributed by atoms with Crippen LogP contribution in [0.1, 0.15) is 40.5 Å². The van der Waals surface area contributed by atoms with Crippen molar-refractivity contribution in [3.8, 4) is 6.01 Å². The molecule has 1 heterocycles. The molecule has 1 N–H and O–H groups in total. The zero-order valence-corrected chi connectivity index (χ0v) is 12.6. The molecule has 0 spiro atoms. The molecule has 1 aromatic heterocycles. The van der Waals surface area contributed by atoms with Gasteiger partial charge in [0.05, 0.1) is 6.61 Å². The molecule has 0 radical (unpaired) electrons. The Bertz CT molecular complexity index is 385. The van der Waals surface area contributed by atoms with E-state index in [2.05, 4.69) is 41.0 Å². The topological polar surface area (TPSA) is 63.2 Å². The average molecular weight is 267 g/mol. The fourth-order valence-electron chi connectivity index (χ4n) is 1.47. The van der Waals surface area contributed by atoms with E-state index < -0.39 is 0 Å². The zero-order valence-electron chi connectivity index (χ0n) is 12.6. The fraction of sp³-hybridized carbons (Fsp3) is 0.769. The van der Waals surface area contributed by atoms with Crippen molar-refractivity contribution in [3.63, 3.8) is 0 Å². The summed E-state index contributed by atoms with van der Waals surface area (Å²) in [6.45, 7) is 9.73. The van der Waals surface area contributed by atoms with Gasteiger partial charge in [-0.05, 0) is 26.7 Å². The molecule has 1 rings (SSSR count). The van der Waals surface area contributed by atoms with E-state index >= 15 is 0 Å². The van der Waals surface area contributed by atoms with Gasteiger partial charge in [-0.2, -0.15) is 15.0 Å². The van der Waals surface area contributed by atoms with E-state index in [1.54, 1.807) is 0 Å². The Hall–Kier alpha value is -1.59. The van der Waals surface area contributed by atoms with Crippen molar-refractivity contribution >= 4 is 11.9 Å². The number of hydrogen-bond donors (Lipinski definition) is 1. The number of hydrogen-bond acceptors (Lipinski definition) is 6. The first kappa shape index (κ1) is 15.5. The van der Waals surface area contributed by atoms with Gasteiger partial charge in [0.25, 0.3) is 0 Å². The van der Waals surface area contributed by atoms with Crippen molar-refractivity contribution in [2.24, 2.45) is 0 Å². The lowest BCUT2D eigenvalue weighted by atomic mass is 10.2. The van der Waals surface area contributed by atoms with Gasteiger partial charge in [-0.1, -0.05) is 13.8 Å². The van der Waals surface area contributed by atoms with Gasteiger partial charge in [0.2, 0.25) is 11.9 Å². The number of nitrogens with one attached hydrogen (secondary N) is 1. The second-order valence-corrected chi connectivity index (χ2v) is 4.49. The van der Waals surface area contributed by atoms with Crippen LogP contribution in [-0.4, -0.2) is 41.2 Å². The molecule has 0 saturated carbocycles. The lowest BCUT2D eigenvalue weighted by Crippen LogP contribution is -2.30. The minimum atomic E-state index is 0.371. The average Bonchev–Trinajstić information content (AvgIpc) is 2.43. The van der Waals surface area contributed by atoms with Crippen LogP contribution in [0.2, 0.25) is 0 Å². The first-order valence-corrected chi connectivity index (χ1v) is 6.97. The molecule has 0 fully saturated rings. The molecule has 0 saturated heterocycles. The van der Waals surface area contributed by atoms with E-state index in [1.807, 2.05) is 18.9 Å². The van der Waals surface area contributed by atoms with Crippen LogP contribution < -0.4 is 15.0 Å². The maximum absolute atomic E-state index is 5.52. The summed E-state index contributed by atoms with van der Waals surface area (Å²) in [4.78, 5) is 15.1. The molecular formula is C13H25N5O. The normalized spacial score (nSPS) is 12.1. The third-order valence-corrected chi connectivity index (χ3v) is 2.94. The Morgan fingerprint density at radius 2 is 1.95 bits per heavy atom. The van der Waals surface area contributed by atoms with Crippen molar-refractivity contribution in [2.75, 3.05) is 30.4 Å². The Balaban J connectivity index is 2.97. The molecule has 108 valence electrons. The first-order valence-electron chi connectivity index (χ1n) is 6.97. The standard InChI is InChI=1S/C13H25N5O/c1-6-9-19-13-16-11(14-8-3)15-12(17-13)18(5)10(4)7-2/h10H,6-9H2,1-5H3,(H,14,15,16,17). The molecule has 0 aliphatic rings. The molecule has 0 aliphatic carbocycles. The lowest BCUT2D eigenvalue weighted by Gasteiger charge is -2.24. The van der Waals surface area contributed by atoms with Crippen molar-refractivity contribution in [2.45, 2.75) is 46.6 Å². The second-order valence-electron chi connectivity index (χ2n) is 4.49. The van der Waals surface area contributed by atoms with Gasteiger partial charge in [-0.3, -0.25) is 0 Å². The lowest BCUT2D eigenvalue weighted by molar-refractivity contribution is 0.291. The van der Waals surface area contributed by atoms with Gasteiger partial charge in [-0.25, -0.2) is 0 Å². The molecule has 1 aromatic rings. The number of anilines is 2. The fourth-order valence-corrected chi connectivity index (χ4v) is 1.47. The van der Waals surface area contributed by atoms with E-state index in [0.29, 0.717) is 30.6 Å². The SMILES string of the molecule is CCCOc1nc(NCC)nc(N(C)C(C)CC)n1. The van der Waals surface area contributed by atoms with Crippen LogP contribution in [0.4, 0.5) is 11.9 Å². The summed E-state index contributed by atoms with van der Waals surface area (Å²) >= 11 is 0. The summed E-state index contributed by atoms with van der Waals surface area (Å²) in [5.74, 6) is 1.21. The second kappa shape index (κ2) is 7.76. The Morgan fingerprint density at radius 3 is 2.53 bits per heavy atom. The maximum Gasteiger partial charge on any atom is 0.323 e. The first-order chi connectivity index (χ1) is 9.12.